The van der Waals surface area contributed by atoms with Gasteiger partial charge in [-0.3, -0.25) is 0 Å². The Morgan fingerprint density at radius 3 is 2.45 bits per heavy atom. The minimum absolute atomic E-state index is 0.0198. The molecule has 122 valence electrons. The molecule has 2 nitrogen and oxygen atoms in total. The summed E-state index contributed by atoms with van der Waals surface area (Å²) >= 11 is 6.57. The molecule has 0 aromatic heterocycles. The summed E-state index contributed by atoms with van der Waals surface area (Å²) < 4.78 is 0. The van der Waals surface area contributed by atoms with Crippen LogP contribution in [0.5, 0.6) is 0 Å². The first-order valence-electron chi connectivity index (χ1n) is 8.96. The Labute approximate surface area is 140 Å². The van der Waals surface area contributed by atoms with Gasteiger partial charge < -0.3 is 10.6 Å². The molecule has 0 heterocycles. The van der Waals surface area contributed by atoms with Crippen molar-refractivity contribution < 1.29 is 0 Å². The molecule has 3 heteroatoms. The SMILES string of the molecule is CN[C@]1(c2ccccc2Cl)CCCC[C@@H]1NC1CCCCC1. The van der Waals surface area contributed by atoms with Crippen LogP contribution in [0.2, 0.25) is 5.02 Å². The third-order valence-corrected chi connectivity index (χ3v) is 6.08. The fraction of sp³-hybridized carbons (Fsp3) is 0.684. The molecule has 2 atom stereocenters. The lowest BCUT2D eigenvalue weighted by molar-refractivity contribution is 0.156. The Hall–Kier alpha value is -0.570. The normalized spacial score (nSPS) is 30.4. The largest absolute Gasteiger partial charge is 0.309 e. The van der Waals surface area contributed by atoms with Crippen LogP contribution in [0.3, 0.4) is 0 Å². The second-order valence-corrected chi connectivity index (χ2v) is 7.41. The topological polar surface area (TPSA) is 24.1 Å². The van der Waals surface area contributed by atoms with Crippen molar-refractivity contribution in [3.63, 3.8) is 0 Å². The third kappa shape index (κ3) is 3.20. The van der Waals surface area contributed by atoms with Gasteiger partial charge >= 0.3 is 0 Å². The highest BCUT2D eigenvalue weighted by Gasteiger charge is 2.42. The summed E-state index contributed by atoms with van der Waals surface area (Å²) in [6, 6.07) is 9.55. The molecule has 0 amide bonds. The van der Waals surface area contributed by atoms with E-state index in [4.69, 9.17) is 11.6 Å². The van der Waals surface area contributed by atoms with E-state index in [-0.39, 0.29) is 5.54 Å². The summed E-state index contributed by atoms with van der Waals surface area (Å²) in [6.07, 6.45) is 11.8. The van der Waals surface area contributed by atoms with Crippen LogP contribution in [0.15, 0.2) is 24.3 Å². The van der Waals surface area contributed by atoms with Crippen LogP contribution >= 0.6 is 11.6 Å². The van der Waals surface area contributed by atoms with Gasteiger partial charge in [0, 0.05) is 17.1 Å². The molecular weight excluding hydrogens is 292 g/mol. The van der Waals surface area contributed by atoms with Crippen LogP contribution in [0.25, 0.3) is 0 Å². The molecule has 1 aromatic rings. The van der Waals surface area contributed by atoms with Gasteiger partial charge in [0.25, 0.3) is 0 Å². The molecular formula is C19H29ClN2. The monoisotopic (exact) mass is 320 g/mol. The number of nitrogens with one attached hydrogen (secondary N) is 2. The van der Waals surface area contributed by atoms with E-state index in [9.17, 15) is 0 Å². The lowest BCUT2D eigenvalue weighted by atomic mass is 9.72. The van der Waals surface area contributed by atoms with Crippen LogP contribution in [0.1, 0.15) is 63.4 Å². The van der Waals surface area contributed by atoms with Gasteiger partial charge in [-0.1, -0.05) is 61.9 Å². The average molecular weight is 321 g/mol. The molecule has 1 aromatic carbocycles. The summed E-state index contributed by atoms with van der Waals surface area (Å²) in [5, 5.41) is 8.57. The highest BCUT2D eigenvalue weighted by molar-refractivity contribution is 6.31. The predicted molar refractivity (Wildman–Crippen MR) is 94.5 cm³/mol. The Morgan fingerprint density at radius 2 is 1.73 bits per heavy atom. The first kappa shape index (κ1) is 16.3. The van der Waals surface area contributed by atoms with Gasteiger partial charge in [-0.05, 0) is 44.4 Å². The predicted octanol–water partition coefficient (Wildman–Crippen LogP) is 4.62. The molecule has 2 fully saturated rings. The third-order valence-electron chi connectivity index (χ3n) is 5.75. The van der Waals surface area contributed by atoms with Crippen LogP contribution in [0.4, 0.5) is 0 Å². The first-order chi connectivity index (χ1) is 10.8. The van der Waals surface area contributed by atoms with Crippen molar-refractivity contribution in [2.75, 3.05) is 7.05 Å². The lowest BCUT2D eigenvalue weighted by Crippen LogP contribution is -2.60. The smallest absolute Gasteiger partial charge is 0.0602 e. The Kier molecular flexibility index (Phi) is 5.43. The van der Waals surface area contributed by atoms with E-state index in [0.29, 0.717) is 12.1 Å². The van der Waals surface area contributed by atoms with Crippen LogP contribution in [-0.2, 0) is 5.54 Å². The second kappa shape index (κ2) is 7.33. The second-order valence-electron chi connectivity index (χ2n) is 7.00. The zero-order chi connectivity index (χ0) is 15.4. The molecule has 0 radical (unpaired) electrons. The molecule has 0 bridgehead atoms. The fourth-order valence-corrected chi connectivity index (χ4v) is 4.84. The minimum Gasteiger partial charge on any atom is -0.309 e. The van der Waals surface area contributed by atoms with Crippen molar-refractivity contribution in [1.82, 2.24) is 10.6 Å². The van der Waals surface area contributed by atoms with E-state index < -0.39 is 0 Å². The molecule has 2 aliphatic rings. The summed E-state index contributed by atoms with van der Waals surface area (Å²) in [7, 11) is 2.10. The van der Waals surface area contributed by atoms with E-state index in [1.54, 1.807) is 0 Å². The Morgan fingerprint density at radius 1 is 1.00 bits per heavy atom. The number of likely N-dealkylation sites (N-methyl/N-ethyl adjacent to an activating group) is 1. The summed E-state index contributed by atoms with van der Waals surface area (Å²) in [6.45, 7) is 0. The van der Waals surface area contributed by atoms with Crippen molar-refractivity contribution >= 4 is 11.6 Å². The Bertz CT molecular complexity index is 484. The quantitative estimate of drug-likeness (QED) is 0.846. The van der Waals surface area contributed by atoms with Gasteiger partial charge in [-0.25, -0.2) is 0 Å². The molecule has 2 N–H and O–H groups in total. The number of hydrogen-bond acceptors (Lipinski definition) is 2. The maximum atomic E-state index is 6.57. The van der Waals surface area contributed by atoms with Crippen molar-refractivity contribution in [3.05, 3.63) is 34.9 Å². The standard InChI is InChI=1S/C19H29ClN2/c1-21-19(16-11-5-6-12-17(16)20)14-8-7-13-18(19)22-15-9-3-2-4-10-15/h5-6,11-12,15,18,21-22H,2-4,7-10,13-14H2,1H3/t18-,19-/m0/s1. The van der Waals surface area contributed by atoms with Crippen LogP contribution in [0, 0.1) is 0 Å². The molecule has 2 aliphatic carbocycles. The maximum Gasteiger partial charge on any atom is 0.0602 e. The van der Waals surface area contributed by atoms with E-state index in [1.807, 2.05) is 12.1 Å². The van der Waals surface area contributed by atoms with E-state index >= 15 is 0 Å². The molecule has 22 heavy (non-hydrogen) atoms. The molecule has 0 spiro atoms. The van der Waals surface area contributed by atoms with Gasteiger partial charge in [-0.2, -0.15) is 0 Å². The highest BCUT2D eigenvalue weighted by Crippen LogP contribution is 2.40. The van der Waals surface area contributed by atoms with Crippen molar-refractivity contribution in [2.45, 2.75) is 75.4 Å². The van der Waals surface area contributed by atoms with Crippen molar-refractivity contribution in [3.8, 4) is 0 Å². The van der Waals surface area contributed by atoms with Gasteiger partial charge in [0.05, 0.1) is 5.54 Å². The number of hydrogen-bond donors (Lipinski definition) is 2. The lowest BCUT2D eigenvalue weighted by Gasteiger charge is -2.47. The summed E-state index contributed by atoms with van der Waals surface area (Å²) in [4.78, 5) is 0. The fourth-order valence-electron chi connectivity index (χ4n) is 4.53. The zero-order valence-corrected chi connectivity index (χ0v) is 14.5. The van der Waals surface area contributed by atoms with Crippen molar-refractivity contribution in [1.29, 1.82) is 0 Å². The highest BCUT2D eigenvalue weighted by atomic mass is 35.5. The van der Waals surface area contributed by atoms with E-state index in [1.165, 1.54) is 56.9 Å². The Balaban J connectivity index is 1.86. The summed E-state index contributed by atoms with van der Waals surface area (Å²) in [5.41, 5.74) is 1.25. The van der Waals surface area contributed by atoms with Gasteiger partial charge in [0.1, 0.15) is 0 Å². The molecule has 0 saturated heterocycles. The van der Waals surface area contributed by atoms with E-state index in [0.717, 1.165) is 11.4 Å². The number of halogens is 1. The maximum absolute atomic E-state index is 6.57. The van der Waals surface area contributed by atoms with Gasteiger partial charge in [0.2, 0.25) is 0 Å². The molecule has 2 saturated carbocycles. The molecule has 0 aliphatic heterocycles. The summed E-state index contributed by atoms with van der Waals surface area (Å²) in [5.74, 6) is 0. The minimum atomic E-state index is -0.0198. The van der Waals surface area contributed by atoms with Crippen LogP contribution in [-0.4, -0.2) is 19.1 Å². The van der Waals surface area contributed by atoms with E-state index in [2.05, 4.69) is 29.8 Å². The first-order valence-corrected chi connectivity index (χ1v) is 9.34. The van der Waals surface area contributed by atoms with Crippen molar-refractivity contribution in [2.24, 2.45) is 0 Å². The zero-order valence-electron chi connectivity index (χ0n) is 13.7. The van der Waals surface area contributed by atoms with Gasteiger partial charge in [0.15, 0.2) is 0 Å². The number of benzene rings is 1. The van der Waals surface area contributed by atoms with Crippen LogP contribution < -0.4 is 10.6 Å². The molecule has 0 unspecified atom stereocenters. The van der Waals surface area contributed by atoms with Gasteiger partial charge in [-0.15, -0.1) is 0 Å². The molecule has 3 rings (SSSR count). The number of rotatable bonds is 4. The average Bonchev–Trinajstić information content (AvgIpc) is 2.57.